The Morgan fingerprint density at radius 1 is 1.28 bits per heavy atom. The fourth-order valence-corrected chi connectivity index (χ4v) is 3.27. The topological polar surface area (TPSA) is 118 Å². The van der Waals surface area contributed by atoms with Gasteiger partial charge in [0.1, 0.15) is 17.5 Å². The smallest absolute Gasteiger partial charge is 0.222 e. The van der Waals surface area contributed by atoms with Crippen molar-refractivity contribution in [2.75, 3.05) is 11.1 Å². The van der Waals surface area contributed by atoms with E-state index in [2.05, 4.69) is 43.9 Å². The third-order valence-corrected chi connectivity index (χ3v) is 4.72. The molecule has 1 atom stereocenters. The van der Waals surface area contributed by atoms with Gasteiger partial charge < -0.3 is 15.6 Å². The van der Waals surface area contributed by atoms with E-state index in [-0.39, 0.29) is 12.0 Å². The van der Waals surface area contributed by atoms with Gasteiger partial charge in [-0.2, -0.15) is 10.2 Å². The quantitative estimate of drug-likeness (QED) is 0.670. The Hall–Kier alpha value is -4.17. The average Bonchev–Trinajstić information content (AvgIpc) is 3.07. The van der Waals surface area contributed by atoms with Crippen molar-refractivity contribution in [1.29, 1.82) is 5.26 Å². The minimum Gasteiger partial charge on any atom is -0.368 e. The molecule has 0 spiro atoms. The first-order valence-electron chi connectivity index (χ1n) is 8.98. The van der Waals surface area contributed by atoms with Crippen molar-refractivity contribution in [3.8, 4) is 6.07 Å². The van der Waals surface area contributed by atoms with Gasteiger partial charge in [0.25, 0.3) is 0 Å². The van der Waals surface area contributed by atoms with E-state index in [4.69, 9.17) is 10.7 Å². The van der Waals surface area contributed by atoms with Crippen LogP contribution in [0.3, 0.4) is 0 Å². The molecule has 0 bridgehead atoms. The monoisotopic (exact) mass is 382 g/mol. The number of nitrogens with one attached hydrogen (secondary N) is 1. The van der Waals surface area contributed by atoms with Crippen molar-refractivity contribution in [2.45, 2.75) is 19.9 Å². The molecular weight excluding hydrogens is 364 g/mol. The third kappa shape index (κ3) is 3.28. The normalized spacial score (nSPS) is 13.4. The van der Waals surface area contributed by atoms with Crippen molar-refractivity contribution < 1.29 is 0 Å². The SMILES string of the molecule is Cc1nc(N)nc(NC(C)c2nc3ccn(C)c3cc2C2=NC=C=C=C2)c1C#N. The molecule has 4 rings (SSSR count). The number of aliphatic imine (C=N–C) groups is 1. The number of aryl methyl sites for hydroxylation is 2. The molecule has 142 valence electrons. The molecule has 8 heteroatoms. The second-order valence-corrected chi connectivity index (χ2v) is 6.70. The molecule has 1 aliphatic heterocycles. The zero-order valence-corrected chi connectivity index (χ0v) is 16.2. The summed E-state index contributed by atoms with van der Waals surface area (Å²) in [6, 6.07) is 5.87. The number of aromatic nitrogens is 4. The molecule has 0 fully saturated rings. The largest absolute Gasteiger partial charge is 0.368 e. The van der Waals surface area contributed by atoms with Crippen LogP contribution in [0.5, 0.6) is 0 Å². The Morgan fingerprint density at radius 2 is 2.10 bits per heavy atom. The van der Waals surface area contributed by atoms with Gasteiger partial charge in [0.05, 0.1) is 40.4 Å². The van der Waals surface area contributed by atoms with Gasteiger partial charge >= 0.3 is 0 Å². The molecule has 0 amide bonds. The maximum Gasteiger partial charge on any atom is 0.222 e. The molecule has 1 aliphatic rings. The van der Waals surface area contributed by atoms with Crippen molar-refractivity contribution in [1.82, 2.24) is 19.5 Å². The highest BCUT2D eigenvalue weighted by Gasteiger charge is 2.20. The lowest BCUT2D eigenvalue weighted by molar-refractivity contribution is 0.832. The molecule has 0 saturated heterocycles. The average molecular weight is 382 g/mol. The van der Waals surface area contributed by atoms with Crippen LogP contribution >= 0.6 is 0 Å². The van der Waals surface area contributed by atoms with Gasteiger partial charge in [-0.15, -0.1) is 0 Å². The van der Waals surface area contributed by atoms with E-state index in [1.54, 1.807) is 19.2 Å². The van der Waals surface area contributed by atoms with Gasteiger partial charge in [-0.05, 0) is 31.7 Å². The molecule has 0 radical (unpaired) electrons. The first kappa shape index (κ1) is 18.2. The second kappa shape index (κ2) is 7.10. The summed E-state index contributed by atoms with van der Waals surface area (Å²) in [4.78, 5) is 17.6. The maximum absolute atomic E-state index is 9.50. The highest BCUT2D eigenvalue weighted by atomic mass is 15.1. The number of nitrogen functional groups attached to an aromatic ring is 1. The summed E-state index contributed by atoms with van der Waals surface area (Å²) in [6.07, 6.45) is 5.31. The molecule has 8 nitrogen and oxygen atoms in total. The van der Waals surface area contributed by atoms with E-state index in [9.17, 15) is 5.26 Å². The van der Waals surface area contributed by atoms with E-state index >= 15 is 0 Å². The van der Waals surface area contributed by atoms with Gasteiger partial charge in [0.15, 0.2) is 0 Å². The zero-order chi connectivity index (χ0) is 20.5. The lowest BCUT2D eigenvalue weighted by atomic mass is 10.0. The predicted octanol–water partition coefficient (Wildman–Crippen LogP) is 2.93. The molecule has 3 aromatic heterocycles. The minimum atomic E-state index is -0.276. The number of nitriles is 1. The van der Waals surface area contributed by atoms with E-state index in [1.165, 1.54) is 0 Å². The predicted molar refractivity (Wildman–Crippen MR) is 111 cm³/mol. The summed E-state index contributed by atoms with van der Waals surface area (Å²) in [5.74, 6) is 0.490. The first-order valence-corrected chi connectivity index (χ1v) is 8.98. The summed E-state index contributed by atoms with van der Waals surface area (Å²) in [6.45, 7) is 3.68. The fourth-order valence-electron chi connectivity index (χ4n) is 3.27. The van der Waals surface area contributed by atoms with Gasteiger partial charge in [-0.25, -0.2) is 15.0 Å². The Balaban J connectivity index is 1.83. The number of hydrogen-bond acceptors (Lipinski definition) is 7. The second-order valence-electron chi connectivity index (χ2n) is 6.70. The van der Waals surface area contributed by atoms with E-state index in [0.717, 1.165) is 28.0 Å². The number of anilines is 2. The van der Waals surface area contributed by atoms with Crippen LogP contribution in [0.2, 0.25) is 0 Å². The van der Waals surface area contributed by atoms with Gasteiger partial charge in [-0.3, -0.25) is 0 Å². The number of nitrogens with zero attached hydrogens (tertiary/aromatic N) is 6. The Morgan fingerprint density at radius 3 is 2.83 bits per heavy atom. The molecular formula is C21H18N8. The lowest BCUT2D eigenvalue weighted by Crippen LogP contribution is -2.17. The third-order valence-electron chi connectivity index (χ3n) is 4.72. The molecule has 3 aromatic rings. The number of allylic oxidation sites excluding steroid dienone is 1. The summed E-state index contributed by atoms with van der Waals surface area (Å²) < 4.78 is 2.01. The fraction of sp³-hybridized carbons (Fsp3) is 0.190. The highest BCUT2D eigenvalue weighted by molar-refractivity contribution is 6.11. The summed E-state index contributed by atoms with van der Waals surface area (Å²) in [5.41, 5.74) is 16.7. The van der Waals surface area contributed by atoms with E-state index < -0.39 is 0 Å². The number of fused-ring (bicyclic) bond motifs is 1. The number of nitrogens with two attached hydrogens (primary N) is 1. The molecule has 0 aliphatic carbocycles. The molecule has 0 saturated carbocycles. The zero-order valence-electron chi connectivity index (χ0n) is 16.2. The van der Waals surface area contributed by atoms with Crippen LogP contribution < -0.4 is 11.1 Å². The number of pyridine rings is 1. The van der Waals surface area contributed by atoms with Crippen molar-refractivity contribution >= 4 is 28.5 Å². The van der Waals surface area contributed by atoms with Crippen LogP contribution in [-0.2, 0) is 7.05 Å². The molecule has 3 N–H and O–H groups in total. The van der Waals surface area contributed by atoms with Gasteiger partial charge in [-0.1, -0.05) is 5.73 Å². The first-order chi connectivity index (χ1) is 14.0. The van der Waals surface area contributed by atoms with Gasteiger partial charge in [0.2, 0.25) is 5.95 Å². The van der Waals surface area contributed by atoms with E-state index in [1.807, 2.05) is 30.8 Å². The molecule has 0 aromatic carbocycles. The molecule has 1 unspecified atom stereocenters. The summed E-state index contributed by atoms with van der Waals surface area (Å²) in [5, 5.41) is 12.8. The Kier molecular flexibility index (Phi) is 4.46. The van der Waals surface area contributed by atoms with Crippen LogP contribution in [0, 0.1) is 18.3 Å². The summed E-state index contributed by atoms with van der Waals surface area (Å²) in [7, 11) is 1.97. The van der Waals surface area contributed by atoms with Crippen molar-refractivity contribution in [3.63, 3.8) is 0 Å². The Labute approximate surface area is 167 Å². The lowest BCUT2D eigenvalue weighted by Gasteiger charge is -2.19. The minimum absolute atomic E-state index is 0.109. The Bertz CT molecular complexity index is 1310. The number of hydrogen-bond donors (Lipinski definition) is 2. The number of rotatable bonds is 4. The van der Waals surface area contributed by atoms with Crippen LogP contribution in [0.25, 0.3) is 11.0 Å². The van der Waals surface area contributed by atoms with Crippen molar-refractivity contribution in [3.05, 3.63) is 64.6 Å². The molecule has 29 heavy (non-hydrogen) atoms. The van der Waals surface area contributed by atoms with Crippen LogP contribution in [0.1, 0.15) is 35.5 Å². The van der Waals surface area contributed by atoms with Crippen LogP contribution in [0.4, 0.5) is 11.8 Å². The van der Waals surface area contributed by atoms with Gasteiger partial charge in [0, 0.05) is 24.9 Å². The van der Waals surface area contributed by atoms with Crippen molar-refractivity contribution in [2.24, 2.45) is 12.0 Å². The molecule has 4 heterocycles. The van der Waals surface area contributed by atoms with Crippen LogP contribution in [-0.4, -0.2) is 25.2 Å². The van der Waals surface area contributed by atoms with Crippen LogP contribution in [0.15, 0.2) is 47.1 Å². The maximum atomic E-state index is 9.50. The standard InChI is InChI=1S/C21H18N8/c1-12-15(11-22)20(28-21(23)26-12)25-13(2)19-14(16-6-4-5-8-24-16)10-18-17(27-19)7-9-29(18)3/h6-10,13H,1-3H3,(H3,23,25,26,28). The summed E-state index contributed by atoms with van der Waals surface area (Å²) >= 11 is 0. The van der Waals surface area contributed by atoms with E-state index in [0.29, 0.717) is 17.1 Å². The highest BCUT2D eigenvalue weighted by Crippen LogP contribution is 2.27.